The molecule has 1 aromatic carbocycles. The molecule has 3 N–H and O–H groups in total. The van der Waals surface area contributed by atoms with Gasteiger partial charge in [-0.2, -0.15) is 0 Å². The maximum absolute atomic E-state index is 12.1. The van der Waals surface area contributed by atoms with Crippen LogP contribution in [0.2, 0.25) is 0 Å². The summed E-state index contributed by atoms with van der Waals surface area (Å²) in [5.41, 5.74) is 1.36. The van der Waals surface area contributed by atoms with Crippen LogP contribution in [0.25, 0.3) is 11.0 Å². The summed E-state index contributed by atoms with van der Waals surface area (Å²) in [5.74, 6) is 0.569. The number of nitrogens with two attached hydrogens (primary N) is 1. The van der Waals surface area contributed by atoms with E-state index in [1.807, 2.05) is 18.4 Å². The van der Waals surface area contributed by atoms with Crippen LogP contribution in [0.4, 0.5) is 0 Å². The molecular formula is C16H24N4O3S2. The van der Waals surface area contributed by atoms with Crippen molar-refractivity contribution in [3.63, 3.8) is 0 Å². The molecule has 9 heteroatoms. The molecule has 1 aromatic heterocycles. The van der Waals surface area contributed by atoms with Crippen LogP contribution in [-0.2, 0) is 21.4 Å². The topological polar surface area (TPSA) is 107 Å². The largest absolute Gasteiger partial charge is 0.353 e. The van der Waals surface area contributed by atoms with Crippen molar-refractivity contribution < 1.29 is 13.2 Å². The van der Waals surface area contributed by atoms with E-state index < -0.39 is 10.0 Å². The summed E-state index contributed by atoms with van der Waals surface area (Å²) >= 11 is 1.33. The predicted octanol–water partition coefficient (Wildman–Crippen LogP) is 1.96. The van der Waals surface area contributed by atoms with Crippen LogP contribution in [0, 0.1) is 5.92 Å². The smallest absolute Gasteiger partial charge is 0.238 e. The summed E-state index contributed by atoms with van der Waals surface area (Å²) in [4.78, 5) is 16.6. The number of nitrogens with one attached hydrogen (secondary N) is 1. The van der Waals surface area contributed by atoms with Gasteiger partial charge in [0.25, 0.3) is 0 Å². The number of imidazole rings is 1. The standard InChI is InChI=1S/C16H24N4O3S2/c1-5-20-14-7-6-12(25(17,22)23)8-13(14)19-16(20)24-9-15(21)18-11(4)10(2)3/h6-8,10-11H,5,9H2,1-4H3,(H,18,21)(H2,17,22,23). The average molecular weight is 385 g/mol. The monoisotopic (exact) mass is 384 g/mol. The number of amides is 1. The van der Waals surface area contributed by atoms with E-state index >= 15 is 0 Å². The number of aryl methyl sites for hydroxylation is 1. The molecular weight excluding hydrogens is 360 g/mol. The Labute approximate surface area is 152 Å². The second-order valence-electron chi connectivity index (χ2n) is 6.22. The zero-order valence-electron chi connectivity index (χ0n) is 14.8. The minimum atomic E-state index is -3.77. The van der Waals surface area contributed by atoms with Gasteiger partial charge < -0.3 is 9.88 Å². The van der Waals surface area contributed by atoms with Crippen molar-refractivity contribution >= 4 is 38.7 Å². The first-order chi connectivity index (χ1) is 11.6. The van der Waals surface area contributed by atoms with Crippen LogP contribution in [-0.4, -0.2) is 35.7 Å². The van der Waals surface area contributed by atoms with Crippen molar-refractivity contribution in [3.05, 3.63) is 18.2 Å². The first kappa shape index (κ1) is 19.7. The first-order valence-corrected chi connectivity index (χ1v) is 10.6. The second kappa shape index (κ2) is 7.76. The highest BCUT2D eigenvalue weighted by atomic mass is 32.2. The lowest BCUT2D eigenvalue weighted by Crippen LogP contribution is -2.37. The van der Waals surface area contributed by atoms with Crippen molar-refractivity contribution in [2.75, 3.05) is 5.75 Å². The minimum absolute atomic E-state index is 0.0285. The third kappa shape index (κ3) is 4.74. The Hall–Kier alpha value is -1.58. The van der Waals surface area contributed by atoms with Crippen molar-refractivity contribution in [2.24, 2.45) is 11.1 Å². The molecule has 0 saturated heterocycles. The molecule has 1 unspecified atom stereocenters. The van der Waals surface area contributed by atoms with Crippen LogP contribution < -0.4 is 10.5 Å². The fourth-order valence-corrected chi connectivity index (χ4v) is 3.70. The molecule has 2 rings (SSSR count). The Morgan fingerprint density at radius 2 is 2.04 bits per heavy atom. The van der Waals surface area contributed by atoms with E-state index in [-0.39, 0.29) is 22.6 Å². The van der Waals surface area contributed by atoms with Crippen LogP contribution >= 0.6 is 11.8 Å². The Balaban J connectivity index is 2.22. The van der Waals surface area contributed by atoms with E-state index in [2.05, 4.69) is 24.1 Å². The number of primary sulfonamides is 1. The van der Waals surface area contributed by atoms with Gasteiger partial charge >= 0.3 is 0 Å². The van der Waals surface area contributed by atoms with Crippen LogP contribution in [0.3, 0.4) is 0 Å². The van der Waals surface area contributed by atoms with Gasteiger partial charge in [-0.15, -0.1) is 0 Å². The average Bonchev–Trinajstić information content (AvgIpc) is 2.88. The summed E-state index contributed by atoms with van der Waals surface area (Å²) in [6, 6.07) is 4.73. The second-order valence-corrected chi connectivity index (χ2v) is 8.73. The molecule has 7 nitrogen and oxygen atoms in total. The number of fused-ring (bicyclic) bond motifs is 1. The maximum Gasteiger partial charge on any atom is 0.238 e. The van der Waals surface area contributed by atoms with Gasteiger partial charge in [-0.05, 0) is 38.0 Å². The van der Waals surface area contributed by atoms with Crippen molar-refractivity contribution in [1.82, 2.24) is 14.9 Å². The number of carbonyl (C=O) groups is 1. The number of rotatable bonds is 7. The third-order valence-corrected chi connectivity index (χ3v) is 5.94. The number of benzene rings is 1. The lowest BCUT2D eigenvalue weighted by atomic mass is 10.1. The maximum atomic E-state index is 12.1. The summed E-state index contributed by atoms with van der Waals surface area (Å²) in [6.07, 6.45) is 0. The van der Waals surface area contributed by atoms with Crippen LogP contribution in [0.15, 0.2) is 28.3 Å². The van der Waals surface area contributed by atoms with Crippen molar-refractivity contribution in [1.29, 1.82) is 0 Å². The Morgan fingerprint density at radius 1 is 1.36 bits per heavy atom. The number of hydrogen-bond acceptors (Lipinski definition) is 5. The Bertz CT molecular complexity index is 875. The molecule has 1 heterocycles. The summed E-state index contributed by atoms with van der Waals surface area (Å²) in [7, 11) is -3.77. The van der Waals surface area contributed by atoms with Gasteiger partial charge in [0, 0.05) is 12.6 Å². The normalized spacial score (nSPS) is 13.4. The fraction of sp³-hybridized carbons (Fsp3) is 0.500. The minimum Gasteiger partial charge on any atom is -0.353 e. The number of hydrogen-bond donors (Lipinski definition) is 2. The Morgan fingerprint density at radius 3 is 2.60 bits per heavy atom. The molecule has 138 valence electrons. The van der Waals surface area contributed by atoms with E-state index in [0.717, 1.165) is 5.52 Å². The van der Waals surface area contributed by atoms with E-state index in [0.29, 0.717) is 23.1 Å². The van der Waals surface area contributed by atoms with Gasteiger partial charge in [0.2, 0.25) is 15.9 Å². The highest BCUT2D eigenvalue weighted by Gasteiger charge is 2.16. The SMILES string of the molecule is CCn1c(SCC(=O)NC(C)C(C)C)nc2cc(S(N)(=O)=O)ccc21. The number of nitrogens with zero attached hydrogens (tertiary/aromatic N) is 2. The highest BCUT2D eigenvalue weighted by Crippen LogP contribution is 2.25. The molecule has 0 aliphatic heterocycles. The highest BCUT2D eigenvalue weighted by molar-refractivity contribution is 7.99. The van der Waals surface area contributed by atoms with E-state index in [1.165, 1.54) is 23.9 Å². The Kier molecular flexibility index (Phi) is 6.12. The van der Waals surface area contributed by atoms with E-state index in [4.69, 9.17) is 5.14 Å². The van der Waals surface area contributed by atoms with Gasteiger partial charge in [0.05, 0.1) is 21.7 Å². The molecule has 0 aliphatic rings. The number of sulfonamides is 1. The molecule has 25 heavy (non-hydrogen) atoms. The van der Waals surface area contributed by atoms with Gasteiger partial charge in [0.1, 0.15) is 0 Å². The molecule has 0 bridgehead atoms. The molecule has 1 atom stereocenters. The van der Waals surface area contributed by atoms with Gasteiger partial charge in [-0.3, -0.25) is 4.79 Å². The zero-order valence-corrected chi connectivity index (χ0v) is 16.4. The third-order valence-electron chi connectivity index (χ3n) is 4.05. The van der Waals surface area contributed by atoms with Gasteiger partial charge in [0.15, 0.2) is 5.16 Å². The first-order valence-electron chi connectivity index (χ1n) is 8.08. The van der Waals surface area contributed by atoms with Crippen molar-refractivity contribution in [3.8, 4) is 0 Å². The van der Waals surface area contributed by atoms with Gasteiger partial charge in [-0.25, -0.2) is 18.5 Å². The lowest BCUT2D eigenvalue weighted by molar-refractivity contribution is -0.119. The molecule has 0 aliphatic carbocycles. The fourth-order valence-electron chi connectivity index (χ4n) is 2.27. The van der Waals surface area contributed by atoms with Gasteiger partial charge in [-0.1, -0.05) is 25.6 Å². The van der Waals surface area contributed by atoms with E-state index in [9.17, 15) is 13.2 Å². The summed E-state index contributed by atoms with van der Waals surface area (Å²) in [5, 5.41) is 8.81. The molecule has 0 spiro atoms. The quantitative estimate of drug-likeness (QED) is 0.710. The predicted molar refractivity (Wildman–Crippen MR) is 99.9 cm³/mol. The molecule has 1 amide bonds. The van der Waals surface area contributed by atoms with E-state index in [1.54, 1.807) is 6.07 Å². The van der Waals surface area contributed by atoms with Crippen LogP contribution in [0.1, 0.15) is 27.7 Å². The molecule has 0 fully saturated rings. The van der Waals surface area contributed by atoms with Crippen molar-refractivity contribution in [2.45, 2.75) is 50.3 Å². The molecule has 0 saturated carbocycles. The number of carbonyl (C=O) groups excluding carboxylic acids is 1. The summed E-state index contributed by atoms with van der Waals surface area (Å²) in [6.45, 7) is 8.72. The zero-order chi connectivity index (χ0) is 18.8. The number of thioether (sulfide) groups is 1. The van der Waals surface area contributed by atoms with Crippen LogP contribution in [0.5, 0.6) is 0 Å². The molecule has 2 aromatic rings. The number of aromatic nitrogens is 2. The molecule has 0 radical (unpaired) electrons. The lowest BCUT2D eigenvalue weighted by Gasteiger charge is -2.17. The summed E-state index contributed by atoms with van der Waals surface area (Å²) < 4.78 is 24.9.